The summed E-state index contributed by atoms with van der Waals surface area (Å²) in [5.74, 6) is 0.572. The van der Waals surface area contributed by atoms with E-state index in [4.69, 9.17) is 11.6 Å². The molecule has 0 saturated carbocycles. The van der Waals surface area contributed by atoms with Crippen LogP contribution in [0.2, 0.25) is 5.02 Å². The molecule has 0 saturated heterocycles. The summed E-state index contributed by atoms with van der Waals surface area (Å²) in [6, 6.07) is 8.03. The summed E-state index contributed by atoms with van der Waals surface area (Å²) in [4.78, 5) is 4.23. The predicted molar refractivity (Wildman–Crippen MR) is 98.0 cm³/mol. The highest BCUT2D eigenvalue weighted by Crippen LogP contribution is 2.14. The molecule has 2 rings (SSSR count). The van der Waals surface area contributed by atoms with Gasteiger partial charge in [0.05, 0.1) is 17.1 Å². The predicted octanol–water partition coefficient (Wildman–Crippen LogP) is 0.717. The lowest BCUT2D eigenvalue weighted by atomic mass is 10.4. The summed E-state index contributed by atoms with van der Waals surface area (Å²) in [5, 5.41) is 10.6. The minimum atomic E-state index is -3.59. The van der Waals surface area contributed by atoms with Crippen LogP contribution in [-0.2, 0) is 23.6 Å². The summed E-state index contributed by atoms with van der Waals surface area (Å²) in [7, 11) is -0.0806. The van der Waals surface area contributed by atoms with Gasteiger partial charge >= 0.3 is 0 Å². The topological polar surface area (TPSA) is 100 Å². The Morgan fingerprint density at radius 3 is 2.72 bits per heavy atom. The second-order valence-electron chi connectivity index (χ2n) is 5.15. The number of nitrogens with one attached hydrogen (secondary N) is 3. The molecule has 0 atom stereocenters. The van der Waals surface area contributed by atoms with E-state index in [2.05, 4.69) is 25.4 Å². The van der Waals surface area contributed by atoms with Crippen LogP contribution < -0.4 is 15.4 Å². The number of hydrogen-bond donors (Lipinski definition) is 3. The van der Waals surface area contributed by atoms with Gasteiger partial charge in [-0.1, -0.05) is 17.7 Å². The van der Waals surface area contributed by atoms with Gasteiger partial charge in [-0.2, -0.15) is 5.10 Å². The lowest BCUT2D eigenvalue weighted by Gasteiger charge is -2.12. The summed E-state index contributed by atoms with van der Waals surface area (Å²) in [6.07, 6.45) is 1.72. The molecule has 0 amide bonds. The molecule has 0 radical (unpaired) electrons. The van der Waals surface area contributed by atoms with Gasteiger partial charge in [0.2, 0.25) is 10.0 Å². The maximum Gasteiger partial charge on any atom is 0.240 e. The zero-order valence-electron chi connectivity index (χ0n) is 14.0. The number of hydrogen-bond acceptors (Lipinski definition) is 4. The first kappa shape index (κ1) is 19.2. The number of sulfonamides is 1. The molecule has 0 unspecified atom stereocenters. The molecule has 1 aromatic heterocycles. The average Bonchev–Trinajstić information content (AvgIpc) is 2.99. The van der Waals surface area contributed by atoms with Crippen molar-refractivity contribution < 1.29 is 8.42 Å². The zero-order valence-corrected chi connectivity index (χ0v) is 15.6. The van der Waals surface area contributed by atoms with Crippen molar-refractivity contribution in [3.8, 4) is 0 Å². The number of benzene rings is 1. The monoisotopic (exact) mass is 384 g/mol. The lowest BCUT2D eigenvalue weighted by Crippen LogP contribution is -2.41. The molecular formula is C15H21ClN6O2S. The fraction of sp³-hybridized carbons (Fsp3) is 0.333. The third-order valence-corrected chi connectivity index (χ3v) is 5.09. The van der Waals surface area contributed by atoms with Gasteiger partial charge < -0.3 is 10.6 Å². The van der Waals surface area contributed by atoms with E-state index in [1.54, 1.807) is 30.1 Å². The quantitative estimate of drug-likeness (QED) is 0.371. The highest BCUT2D eigenvalue weighted by Gasteiger charge is 2.13. The Bertz CT molecular complexity index is 834. The Balaban J connectivity index is 1.78. The molecule has 8 nitrogen and oxygen atoms in total. The van der Waals surface area contributed by atoms with Crippen LogP contribution in [0.25, 0.3) is 0 Å². The molecule has 0 bridgehead atoms. The molecule has 0 spiro atoms. The molecule has 0 aliphatic carbocycles. The molecule has 10 heteroatoms. The maximum absolute atomic E-state index is 12.2. The summed E-state index contributed by atoms with van der Waals surface area (Å²) >= 11 is 5.83. The van der Waals surface area contributed by atoms with Gasteiger partial charge in [0.1, 0.15) is 0 Å². The van der Waals surface area contributed by atoms with E-state index >= 15 is 0 Å². The first-order valence-corrected chi connectivity index (χ1v) is 9.45. The van der Waals surface area contributed by atoms with Crippen LogP contribution in [0.5, 0.6) is 0 Å². The number of halogens is 1. The van der Waals surface area contributed by atoms with E-state index in [1.165, 1.54) is 12.1 Å². The Morgan fingerprint density at radius 1 is 1.28 bits per heavy atom. The Labute approximate surface area is 152 Å². The first-order chi connectivity index (χ1) is 11.9. The minimum absolute atomic E-state index is 0.138. The van der Waals surface area contributed by atoms with Crippen molar-refractivity contribution in [2.45, 2.75) is 11.4 Å². The molecule has 0 aliphatic rings. The van der Waals surface area contributed by atoms with Gasteiger partial charge in [0.25, 0.3) is 0 Å². The number of guanidine groups is 1. The number of aliphatic imine (C=N–C) groups is 1. The van der Waals surface area contributed by atoms with Crippen molar-refractivity contribution in [2.75, 3.05) is 20.1 Å². The highest BCUT2D eigenvalue weighted by atomic mass is 35.5. The average molecular weight is 385 g/mol. The van der Waals surface area contributed by atoms with Gasteiger partial charge in [-0.05, 0) is 24.3 Å². The largest absolute Gasteiger partial charge is 0.355 e. The van der Waals surface area contributed by atoms with Crippen molar-refractivity contribution >= 4 is 27.6 Å². The van der Waals surface area contributed by atoms with Crippen LogP contribution in [0.1, 0.15) is 5.69 Å². The van der Waals surface area contributed by atoms with Crippen molar-refractivity contribution in [3.63, 3.8) is 0 Å². The van der Waals surface area contributed by atoms with Crippen molar-refractivity contribution in [1.29, 1.82) is 0 Å². The second-order valence-corrected chi connectivity index (χ2v) is 7.36. The lowest BCUT2D eigenvalue weighted by molar-refractivity contribution is 0.580. The normalized spacial score (nSPS) is 12.2. The SMILES string of the molecule is CN=C(NCCNS(=O)(=O)c1cccc(Cl)c1)NCc1ccnn1C. The van der Waals surface area contributed by atoms with Gasteiger partial charge in [-0.25, -0.2) is 13.1 Å². The molecule has 1 heterocycles. The fourth-order valence-corrected chi connectivity index (χ4v) is 3.39. The van der Waals surface area contributed by atoms with Crippen molar-refractivity contribution in [3.05, 3.63) is 47.2 Å². The van der Waals surface area contributed by atoms with E-state index in [9.17, 15) is 8.42 Å². The van der Waals surface area contributed by atoms with Crippen LogP contribution in [0.4, 0.5) is 0 Å². The number of rotatable bonds is 7. The molecule has 25 heavy (non-hydrogen) atoms. The van der Waals surface area contributed by atoms with Crippen LogP contribution in [0.15, 0.2) is 46.4 Å². The molecular weight excluding hydrogens is 364 g/mol. The van der Waals surface area contributed by atoms with E-state index in [-0.39, 0.29) is 11.4 Å². The molecule has 136 valence electrons. The Kier molecular flexibility index (Phi) is 6.80. The third-order valence-electron chi connectivity index (χ3n) is 3.40. The summed E-state index contributed by atoms with van der Waals surface area (Å²) < 4.78 is 28.6. The number of nitrogens with zero attached hydrogens (tertiary/aromatic N) is 3. The minimum Gasteiger partial charge on any atom is -0.355 e. The second kappa shape index (κ2) is 8.84. The van der Waals surface area contributed by atoms with E-state index < -0.39 is 10.0 Å². The van der Waals surface area contributed by atoms with E-state index in [0.29, 0.717) is 24.1 Å². The van der Waals surface area contributed by atoms with Gasteiger partial charge in [-0.15, -0.1) is 0 Å². The van der Waals surface area contributed by atoms with Crippen LogP contribution in [-0.4, -0.2) is 44.3 Å². The molecule has 1 aromatic carbocycles. The molecule has 0 fully saturated rings. The number of aromatic nitrogens is 2. The van der Waals surface area contributed by atoms with E-state index in [1.807, 2.05) is 13.1 Å². The van der Waals surface area contributed by atoms with Crippen molar-refractivity contribution in [1.82, 2.24) is 25.1 Å². The Morgan fingerprint density at radius 2 is 2.08 bits per heavy atom. The van der Waals surface area contributed by atoms with Gasteiger partial charge in [-0.3, -0.25) is 9.67 Å². The van der Waals surface area contributed by atoms with E-state index in [0.717, 1.165) is 5.69 Å². The highest BCUT2D eigenvalue weighted by molar-refractivity contribution is 7.89. The summed E-state index contributed by atoms with van der Waals surface area (Å²) in [6.45, 7) is 1.15. The Hall–Kier alpha value is -2.10. The number of aryl methyl sites for hydroxylation is 1. The standard InChI is InChI=1S/C15H21ClN6O2S/c1-17-15(19-11-13-6-7-20-22(13)2)18-8-9-21-25(23,24)14-5-3-4-12(16)10-14/h3-7,10,21H,8-9,11H2,1-2H3,(H2,17,18,19). The molecule has 3 N–H and O–H groups in total. The van der Waals surface area contributed by atoms with Crippen LogP contribution in [0, 0.1) is 0 Å². The van der Waals surface area contributed by atoms with Crippen LogP contribution >= 0.6 is 11.6 Å². The van der Waals surface area contributed by atoms with Crippen molar-refractivity contribution in [2.24, 2.45) is 12.0 Å². The molecule has 2 aromatic rings. The smallest absolute Gasteiger partial charge is 0.240 e. The zero-order chi connectivity index (χ0) is 18.3. The third kappa shape index (κ3) is 5.73. The fourth-order valence-electron chi connectivity index (χ4n) is 2.05. The van der Waals surface area contributed by atoms with Gasteiger partial charge in [0, 0.05) is 38.4 Å². The van der Waals surface area contributed by atoms with Crippen LogP contribution in [0.3, 0.4) is 0 Å². The molecule has 0 aliphatic heterocycles. The summed E-state index contributed by atoms with van der Waals surface area (Å²) in [5.41, 5.74) is 1.00. The van der Waals surface area contributed by atoms with Gasteiger partial charge in [0.15, 0.2) is 5.96 Å². The maximum atomic E-state index is 12.2. The first-order valence-electron chi connectivity index (χ1n) is 7.59.